The number of rotatable bonds is 4. The molecule has 1 saturated carbocycles. The first-order valence-corrected chi connectivity index (χ1v) is 6.04. The van der Waals surface area contributed by atoms with E-state index in [1.807, 2.05) is 11.9 Å². The van der Waals surface area contributed by atoms with Gasteiger partial charge >= 0.3 is 0 Å². The lowest BCUT2D eigenvalue weighted by Crippen LogP contribution is -2.31. The maximum absolute atomic E-state index is 13.9. The Kier molecular flexibility index (Phi) is 3.18. The number of Topliss-reactive ketones (excluding diaryl/α,β-unsaturated/α-hetero) is 1. The van der Waals surface area contributed by atoms with Crippen molar-refractivity contribution in [2.45, 2.75) is 32.7 Å². The van der Waals surface area contributed by atoms with Gasteiger partial charge in [-0.15, -0.1) is 0 Å². The lowest BCUT2D eigenvalue weighted by Gasteiger charge is -2.27. The van der Waals surface area contributed by atoms with Crippen molar-refractivity contribution in [3.8, 4) is 0 Å². The van der Waals surface area contributed by atoms with E-state index in [0.29, 0.717) is 23.2 Å². The SMILES string of the molecule is CC(=O)c1ccc(N(C)C(C)C2CC2)c(F)c1. The monoisotopic (exact) mass is 235 g/mol. The van der Waals surface area contributed by atoms with Gasteiger partial charge in [0.25, 0.3) is 0 Å². The average Bonchev–Trinajstić information content (AvgIpc) is 3.10. The zero-order valence-electron chi connectivity index (χ0n) is 10.5. The molecule has 92 valence electrons. The van der Waals surface area contributed by atoms with Crippen LogP contribution in [0.3, 0.4) is 0 Å². The Morgan fingerprint density at radius 2 is 2.12 bits per heavy atom. The number of hydrogen-bond acceptors (Lipinski definition) is 2. The molecule has 0 spiro atoms. The van der Waals surface area contributed by atoms with Crippen LogP contribution in [0.4, 0.5) is 10.1 Å². The van der Waals surface area contributed by atoms with Crippen LogP contribution in [0.25, 0.3) is 0 Å². The molecule has 1 unspecified atom stereocenters. The number of ketones is 1. The maximum atomic E-state index is 13.9. The fourth-order valence-corrected chi connectivity index (χ4v) is 2.13. The molecule has 1 aliphatic carbocycles. The van der Waals surface area contributed by atoms with E-state index in [4.69, 9.17) is 0 Å². The van der Waals surface area contributed by atoms with E-state index in [2.05, 4.69) is 6.92 Å². The van der Waals surface area contributed by atoms with Crippen molar-refractivity contribution in [3.05, 3.63) is 29.6 Å². The first kappa shape index (κ1) is 12.1. The smallest absolute Gasteiger partial charge is 0.159 e. The van der Waals surface area contributed by atoms with Crippen LogP contribution in [0.5, 0.6) is 0 Å². The van der Waals surface area contributed by atoms with Crippen molar-refractivity contribution in [1.82, 2.24) is 0 Å². The normalized spacial score (nSPS) is 16.7. The molecule has 1 aromatic rings. The largest absolute Gasteiger partial charge is 0.369 e. The van der Waals surface area contributed by atoms with Crippen LogP contribution in [0.2, 0.25) is 0 Å². The third kappa shape index (κ3) is 2.48. The van der Waals surface area contributed by atoms with Crippen molar-refractivity contribution in [3.63, 3.8) is 0 Å². The summed E-state index contributed by atoms with van der Waals surface area (Å²) in [5, 5.41) is 0. The van der Waals surface area contributed by atoms with Crippen LogP contribution in [0, 0.1) is 11.7 Å². The Morgan fingerprint density at radius 3 is 2.59 bits per heavy atom. The molecule has 2 rings (SSSR count). The van der Waals surface area contributed by atoms with Crippen LogP contribution in [0.1, 0.15) is 37.0 Å². The van der Waals surface area contributed by atoms with Crippen molar-refractivity contribution >= 4 is 11.5 Å². The van der Waals surface area contributed by atoms with E-state index in [0.717, 1.165) is 0 Å². The zero-order valence-corrected chi connectivity index (χ0v) is 10.5. The van der Waals surface area contributed by atoms with Gasteiger partial charge in [0, 0.05) is 18.7 Å². The predicted octanol–water partition coefficient (Wildman–Crippen LogP) is 3.26. The van der Waals surface area contributed by atoms with E-state index in [1.165, 1.54) is 25.8 Å². The van der Waals surface area contributed by atoms with E-state index < -0.39 is 0 Å². The van der Waals surface area contributed by atoms with Gasteiger partial charge in [0.2, 0.25) is 0 Å². The molecule has 0 bridgehead atoms. The van der Waals surface area contributed by atoms with Gasteiger partial charge in [-0.25, -0.2) is 4.39 Å². The van der Waals surface area contributed by atoms with Crippen molar-refractivity contribution in [2.75, 3.05) is 11.9 Å². The van der Waals surface area contributed by atoms with Crippen LogP contribution in [-0.2, 0) is 0 Å². The first-order valence-electron chi connectivity index (χ1n) is 6.04. The molecule has 1 atom stereocenters. The number of anilines is 1. The molecular formula is C14H18FNO. The molecular weight excluding hydrogens is 217 g/mol. The highest BCUT2D eigenvalue weighted by atomic mass is 19.1. The molecule has 1 fully saturated rings. The summed E-state index contributed by atoms with van der Waals surface area (Å²) < 4.78 is 13.9. The van der Waals surface area contributed by atoms with Crippen LogP contribution >= 0.6 is 0 Å². The molecule has 17 heavy (non-hydrogen) atoms. The number of halogens is 1. The van der Waals surface area contributed by atoms with Crippen molar-refractivity contribution < 1.29 is 9.18 Å². The summed E-state index contributed by atoms with van der Waals surface area (Å²) in [6, 6.07) is 5.07. The number of carbonyl (C=O) groups is 1. The van der Waals surface area contributed by atoms with Gasteiger partial charge < -0.3 is 4.90 Å². The van der Waals surface area contributed by atoms with Crippen molar-refractivity contribution in [1.29, 1.82) is 0 Å². The van der Waals surface area contributed by atoms with Crippen LogP contribution in [0.15, 0.2) is 18.2 Å². The Morgan fingerprint density at radius 1 is 1.47 bits per heavy atom. The molecule has 1 aromatic carbocycles. The second-order valence-corrected chi connectivity index (χ2v) is 4.91. The minimum absolute atomic E-state index is 0.103. The number of carbonyl (C=O) groups excluding carboxylic acids is 1. The summed E-state index contributed by atoms with van der Waals surface area (Å²) in [6.07, 6.45) is 2.47. The summed E-state index contributed by atoms with van der Waals surface area (Å²) in [6.45, 7) is 3.57. The third-order valence-corrected chi connectivity index (χ3v) is 3.65. The maximum Gasteiger partial charge on any atom is 0.159 e. The highest BCUT2D eigenvalue weighted by molar-refractivity contribution is 5.94. The second-order valence-electron chi connectivity index (χ2n) is 4.91. The Balaban J connectivity index is 2.23. The first-order chi connectivity index (χ1) is 8.00. The third-order valence-electron chi connectivity index (χ3n) is 3.65. The minimum Gasteiger partial charge on any atom is -0.369 e. The number of benzene rings is 1. The predicted molar refractivity (Wildman–Crippen MR) is 67.0 cm³/mol. The minimum atomic E-state index is -0.312. The Labute approximate surface area is 101 Å². The summed E-state index contributed by atoms with van der Waals surface area (Å²) >= 11 is 0. The molecule has 0 heterocycles. The standard InChI is InChI=1S/C14H18FNO/c1-9(11-4-5-11)16(3)14-7-6-12(10(2)17)8-13(14)15/h6-9,11H,4-5H2,1-3H3. The van der Waals surface area contributed by atoms with Crippen molar-refractivity contribution in [2.24, 2.45) is 5.92 Å². The van der Waals surface area contributed by atoms with Gasteiger partial charge in [0.05, 0.1) is 5.69 Å². The lowest BCUT2D eigenvalue weighted by atomic mass is 10.1. The molecule has 0 aromatic heterocycles. The lowest BCUT2D eigenvalue weighted by molar-refractivity contribution is 0.101. The summed E-state index contributed by atoms with van der Waals surface area (Å²) in [4.78, 5) is 13.1. The van der Waals surface area contributed by atoms with Gasteiger partial charge in [-0.1, -0.05) is 0 Å². The van der Waals surface area contributed by atoms with Gasteiger partial charge in [-0.3, -0.25) is 4.79 Å². The van der Waals surface area contributed by atoms with Crippen LogP contribution in [-0.4, -0.2) is 18.9 Å². The molecule has 0 N–H and O–H groups in total. The summed E-state index contributed by atoms with van der Waals surface area (Å²) in [5.41, 5.74) is 1.01. The van der Waals surface area contributed by atoms with Crippen LogP contribution < -0.4 is 4.90 Å². The highest BCUT2D eigenvalue weighted by Gasteiger charge is 2.31. The fourth-order valence-electron chi connectivity index (χ4n) is 2.13. The van der Waals surface area contributed by atoms with E-state index in [1.54, 1.807) is 12.1 Å². The van der Waals surface area contributed by atoms with Gasteiger partial charge in [0.1, 0.15) is 5.82 Å². The molecule has 0 radical (unpaired) electrons. The quantitative estimate of drug-likeness (QED) is 0.746. The molecule has 0 aliphatic heterocycles. The molecule has 0 saturated heterocycles. The molecule has 2 nitrogen and oxygen atoms in total. The number of nitrogens with zero attached hydrogens (tertiary/aromatic N) is 1. The summed E-state index contributed by atoms with van der Waals surface area (Å²) in [5.74, 6) is 0.271. The average molecular weight is 235 g/mol. The summed E-state index contributed by atoms with van der Waals surface area (Å²) in [7, 11) is 1.91. The Hall–Kier alpha value is -1.38. The van der Waals surface area contributed by atoms with Gasteiger partial charge in [-0.2, -0.15) is 0 Å². The van der Waals surface area contributed by atoms with E-state index >= 15 is 0 Å². The molecule has 3 heteroatoms. The number of hydrogen-bond donors (Lipinski definition) is 0. The molecule has 0 amide bonds. The molecule has 1 aliphatic rings. The van der Waals surface area contributed by atoms with Gasteiger partial charge in [0.15, 0.2) is 5.78 Å². The Bertz CT molecular complexity index is 440. The topological polar surface area (TPSA) is 20.3 Å². The zero-order chi connectivity index (χ0) is 12.6. The second kappa shape index (κ2) is 4.47. The highest BCUT2D eigenvalue weighted by Crippen LogP contribution is 2.36. The van der Waals surface area contributed by atoms with E-state index in [-0.39, 0.29) is 11.6 Å². The van der Waals surface area contributed by atoms with E-state index in [9.17, 15) is 9.18 Å². The fraction of sp³-hybridized carbons (Fsp3) is 0.500. The van der Waals surface area contributed by atoms with Gasteiger partial charge in [-0.05, 0) is 50.8 Å².